The van der Waals surface area contributed by atoms with Gasteiger partial charge in [0.15, 0.2) is 0 Å². The number of amides is 1. The van der Waals surface area contributed by atoms with E-state index in [2.05, 4.69) is 0 Å². The molecule has 0 aliphatic heterocycles. The van der Waals surface area contributed by atoms with Crippen LogP contribution in [0.15, 0.2) is 18.2 Å². The first-order valence-electron chi connectivity index (χ1n) is 5.40. The predicted octanol–water partition coefficient (Wildman–Crippen LogP) is 3.74. The zero-order valence-corrected chi connectivity index (χ0v) is 12.1. The van der Waals surface area contributed by atoms with E-state index in [-0.39, 0.29) is 11.4 Å². The molecule has 2 nitrogen and oxygen atoms in total. The number of aryl methyl sites for hydroxylation is 1. The summed E-state index contributed by atoms with van der Waals surface area (Å²) < 4.78 is 0. The Kier molecular flexibility index (Phi) is 4.45. The molecule has 0 spiro atoms. The highest BCUT2D eigenvalue weighted by Crippen LogP contribution is 2.21. The van der Waals surface area contributed by atoms with E-state index in [9.17, 15) is 4.79 Å². The van der Waals surface area contributed by atoms with Crippen molar-refractivity contribution in [2.24, 2.45) is 0 Å². The second kappa shape index (κ2) is 5.28. The summed E-state index contributed by atoms with van der Waals surface area (Å²) in [6.45, 7) is 5.74. The Balaban J connectivity index is 3.01. The van der Waals surface area contributed by atoms with Gasteiger partial charge in [0.1, 0.15) is 0 Å². The van der Waals surface area contributed by atoms with Gasteiger partial charge in [-0.3, -0.25) is 4.79 Å². The van der Waals surface area contributed by atoms with Gasteiger partial charge in [-0.05, 0) is 44.5 Å². The Morgan fingerprint density at radius 2 is 2.00 bits per heavy atom. The molecule has 0 heterocycles. The minimum absolute atomic E-state index is 0.0459. The van der Waals surface area contributed by atoms with Gasteiger partial charge in [-0.25, -0.2) is 0 Å². The van der Waals surface area contributed by atoms with Gasteiger partial charge in [0.2, 0.25) is 0 Å². The van der Waals surface area contributed by atoms with Crippen LogP contribution in [0.25, 0.3) is 0 Å². The number of benzene rings is 1. The molecule has 0 aliphatic rings. The highest BCUT2D eigenvalue weighted by molar-refractivity contribution is 6.31. The van der Waals surface area contributed by atoms with Crippen LogP contribution in [-0.2, 0) is 0 Å². The van der Waals surface area contributed by atoms with Gasteiger partial charge < -0.3 is 4.90 Å². The van der Waals surface area contributed by atoms with Gasteiger partial charge >= 0.3 is 0 Å². The summed E-state index contributed by atoms with van der Waals surface area (Å²) in [5, 5.41) is 0.667. The number of hydrogen-bond acceptors (Lipinski definition) is 1. The molecule has 94 valence electrons. The van der Waals surface area contributed by atoms with Crippen LogP contribution < -0.4 is 0 Å². The Morgan fingerprint density at radius 3 is 2.47 bits per heavy atom. The summed E-state index contributed by atoms with van der Waals surface area (Å²) in [6.07, 6.45) is 0. The Morgan fingerprint density at radius 1 is 1.41 bits per heavy atom. The van der Waals surface area contributed by atoms with Gasteiger partial charge in [-0.15, -0.1) is 11.6 Å². The Hall–Kier alpha value is -0.730. The van der Waals surface area contributed by atoms with Gasteiger partial charge in [-0.2, -0.15) is 0 Å². The van der Waals surface area contributed by atoms with Crippen LogP contribution in [-0.4, -0.2) is 29.3 Å². The molecular weight excluding hydrogens is 257 g/mol. The molecule has 1 aromatic rings. The first kappa shape index (κ1) is 14.3. The summed E-state index contributed by atoms with van der Waals surface area (Å²) in [7, 11) is 1.76. The van der Waals surface area contributed by atoms with Crippen molar-refractivity contribution in [3.8, 4) is 0 Å². The molecule has 4 heteroatoms. The lowest BCUT2D eigenvalue weighted by molar-refractivity contribution is 0.0660. The quantitative estimate of drug-likeness (QED) is 0.769. The van der Waals surface area contributed by atoms with E-state index in [1.54, 1.807) is 30.1 Å². The molecule has 0 unspecified atom stereocenters. The summed E-state index contributed by atoms with van der Waals surface area (Å²) in [4.78, 5) is 13.9. The monoisotopic (exact) mass is 273 g/mol. The lowest BCUT2D eigenvalue weighted by Gasteiger charge is -2.34. The van der Waals surface area contributed by atoms with Crippen molar-refractivity contribution < 1.29 is 4.79 Å². The van der Waals surface area contributed by atoms with Gasteiger partial charge in [0, 0.05) is 23.5 Å². The lowest BCUT2D eigenvalue weighted by atomic mass is 10.0. The van der Waals surface area contributed by atoms with E-state index in [0.29, 0.717) is 16.5 Å². The molecule has 0 fully saturated rings. The fraction of sp³-hybridized carbons (Fsp3) is 0.462. The van der Waals surface area contributed by atoms with Crippen LogP contribution in [0, 0.1) is 6.92 Å². The second-order valence-electron chi connectivity index (χ2n) is 4.77. The van der Waals surface area contributed by atoms with E-state index in [1.165, 1.54) is 0 Å². The maximum absolute atomic E-state index is 12.2. The fourth-order valence-electron chi connectivity index (χ4n) is 1.34. The number of alkyl halides is 1. The minimum Gasteiger partial charge on any atom is -0.335 e. The van der Waals surface area contributed by atoms with E-state index in [4.69, 9.17) is 23.2 Å². The average Bonchev–Trinajstić information content (AvgIpc) is 2.30. The molecule has 0 saturated heterocycles. The molecule has 1 amide bonds. The number of carbonyl (C=O) groups is 1. The summed E-state index contributed by atoms with van der Waals surface area (Å²) in [5.41, 5.74) is 1.16. The fourth-order valence-corrected chi connectivity index (χ4v) is 1.63. The van der Waals surface area contributed by atoms with Crippen molar-refractivity contribution >= 4 is 29.1 Å². The van der Waals surface area contributed by atoms with E-state index in [0.717, 1.165) is 5.56 Å². The van der Waals surface area contributed by atoms with E-state index >= 15 is 0 Å². The van der Waals surface area contributed by atoms with E-state index < -0.39 is 0 Å². The SMILES string of the molecule is Cc1cc(C(=O)N(C)C(C)(C)CCl)ccc1Cl. The molecule has 1 aromatic carbocycles. The second-order valence-corrected chi connectivity index (χ2v) is 5.45. The highest BCUT2D eigenvalue weighted by Gasteiger charge is 2.27. The Bertz CT molecular complexity index is 429. The first-order valence-corrected chi connectivity index (χ1v) is 6.31. The molecule has 0 saturated carbocycles. The normalized spacial score (nSPS) is 11.4. The smallest absolute Gasteiger partial charge is 0.254 e. The zero-order chi connectivity index (χ0) is 13.2. The molecule has 0 N–H and O–H groups in total. The molecule has 0 aliphatic carbocycles. The Labute approximate surface area is 113 Å². The maximum Gasteiger partial charge on any atom is 0.254 e. The van der Waals surface area contributed by atoms with Crippen LogP contribution in [0.4, 0.5) is 0 Å². The largest absolute Gasteiger partial charge is 0.335 e. The van der Waals surface area contributed by atoms with Crippen molar-refractivity contribution in [2.45, 2.75) is 26.3 Å². The molecule has 0 radical (unpaired) electrons. The molecule has 0 atom stereocenters. The van der Waals surface area contributed by atoms with Crippen LogP contribution in [0.3, 0.4) is 0 Å². The van der Waals surface area contributed by atoms with E-state index in [1.807, 2.05) is 20.8 Å². The summed E-state index contributed by atoms with van der Waals surface area (Å²) in [6, 6.07) is 5.27. The number of carbonyl (C=O) groups excluding carboxylic acids is 1. The van der Waals surface area contributed by atoms with Crippen LogP contribution in [0.5, 0.6) is 0 Å². The lowest BCUT2D eigenvalue weighted by Crippen LogP contribution is -2.46. The highest BCUT2D eigenvalue weighted by atomic mass is 35.5. The van der Waals surface area contributed by atoms with Crippen molar-refractivity contribution in [1.29, 1.82) is 0 Å². The van der Waals surface area contributed by atoms with Crippen molar-refractivity contribution in [1.82, 2.24) is 4.90 Å². The third-order valence-electron chi connectivity index (χ3n) is 2.94. The minimum atomic E-state index is -0.369. The molecule has 1 rings (SSSR count). The number of rotatable bonds is 3. The third-order valence-corrected chi connectivity index (χ3v) is 4.02. The molecule has 0 bridgehead atoms. The number of hydrogen-bond donors (Lipinski definition) is 0. The third kappa shape index (κ3) is 3.14. The average molecular weight is 274 g/mol. The van der Waals surface area contributed by atoms with Crippen LogP contribution in [0.1, 0.15) is 29.8 Å². The van der Waals surface area contributed by atoms with Gasteiger partial charge in [0.05, 0.1) is 5.54 Å². The van der Waals surface area contributed by atoms with Gasteiger partial charge in [0.25, 0.3) is 5.91 Å². The molecular formula is C13H17Cl2NO. The predicted molar refractivity (Wildman–Crippen MR) is 73.1 cm³/mol. The molecule has 17 heavy (non-hydrogen) atoms. The van der Waals surface area contributed by atoms with Gasteiger partial charge in [-0.1, -0.05) is 11.6 Å². The standard InChI is InChI=1S/C13H17Cl2NO/c1-9-7-10(5-6-11(9)15)12(17)16(4)13(2,3)8-14/h5-7H,8H2,1-4H3. The topological polar surface area (TPSA) is 20.3 Å². The molecule has 0 aromatic heterocycles. The number of halogens is 2. The first-order chi connectivity index (χ1) is 7.79. The van der Waals surface area contributed by atoms with Crippen LogP contribution >= 0.6 is 23.2 Å². The van der Waals surface area contributed by atoms with Crippen molar-refractivity contribution in [2.75, 3.05) is 12.9 Å². The summed E-state index contributed by atoms with van der Waals surface area (Å²) >= 11 is 11.8. The summed E-state index contributed by atoms with van der Waals surface area (Å²) in [5.74, 6) is 0.345. The maximum atomic E-state index is 12.2. The van der Waals surface area contributed by atoms with Crippen molar-refractivity contribution in [3.05, 3.63) is 34.3 Å². The van der Waals surface area contributed by atoms with Crippen LogP contribution in [0.2, 0.25) is 5.02 Å². The van der Waals surface area contributed by atoms with Crippen molar-refractivity contribution in [3.63, 3.8) is 0 Å². The number of nitrogens with zero attached hydrogens (tertiary/aromatic N) is 1. The zero-order valence-electron chi connectivity index (χ0n) is 10.6.